The Hall–Kier alpha value is -0.610. The van der Waals surface area contributed by atoms with E-state index in [-0.39, 0.29) is 11.4 Å². The molecule has 0 aromatic heterocycles. The summed E-state index contributed by atoms with van der Waals surface area (Å²) < 4.78 is 5.58. The average Bonchev–Trinajstić information content (AvgIpc) is 2.95. The predicted octanol–water partition coefficient (Wildman–Crippen LogP) is 2.82. The van der Waals surface area contributed by atoms with E-state index in [1.807, 2.05) is 0 Å². The maximum absolute atomic E-state index is 12.1. The lowest BCUT2D eigenvalue weighted by Crippen LogP contribution is -2.56. The zero-order valence-electron chi connectivity index (χ0n) is 14.9. The van der Waals surface area contributed by atoms with Crippen LogP contribution in [-0.4, -0.2) is 48.7 Å². The molecule has 0 aromatic carbocycles. The van der Waals surface area contributed by atoms with Crippen LogP contribution in [0.2, 0.25) is 0 Å². The number of hydrogen-bond acceptors (Lipinski definition) is 3. The van der Waals surface area contributed by atoms with Crippen molar-refractivity contribution >= 4 is 5.91 Å². The van der Waals surface area contributed by atoms with Crippen molar-refractivity contribution in [3.05, 3.63) is 0 Å². The summed E-state index contributed by atoms with van der Waals surface area (Å²) >= 11 is 0. The van der Waals surface area contributed by atoms with Gasteiger partial charge >= 0.3 is 0 Å². The lowest BCUT2D eigenvalue weighted by atomic mass is 9.88. The minimum Gasteiger partial charge on any atom is -0.378 e. The van der Waals surface area contributed by atoms with Gasteiger partial charge in [0.1, 0.15) is 0 Å². The van der Waals surface area contributed by atoms with E-state index in [1.54, 1.807) is 0 Å². The van der Waals surface area contributed by atoms with Gasteiger partial charge in [-0.2, -0.15) is 0 Å². The first-order chi connectivity index (χ1) is 10.4. The molecule has 2 heterocycles. The molecule has 0 saturated carbocycles. The Bertz CT molecular complexity index is 354. The van der Waals surface area contributed by atoms with E-state index in [4.69, 9.17) is 4.74 Å². The molecule has 0 aromatic rings. The quantitative estimate of drug-likeness (QED) is 0.820. The van der Waals surface area contributed by atoms with Crippen molar-refractivity contribution in [1.82, 2.24) is 10.2 Å². The minimum atomic E-state index is 0.0302. The number of rotatable bonds is 6. The van der Waals surface area contributed by atoms with E-state index < -0.39 is 0 Å². The van der Waals surface area contributed by atoms with Crippen LogP contribution in [0.1, 0.15) is 59.8 Å². The fourth-order valence-electron chi connectivity index (χ4n) is 3.84. The number of nitrogens with zero attached hydrogens (tertiary/aromatic N) is 1. The molecule has 4 heteroatoms. The average molecular weight is 310 g/mol. The zero-order valence-corrected chi connectivity index (χ0v) is 14.9. The van der Waals surface area contributed by atoms with Crippen LogP contribution in [0.4, 0.5) is 0 Å². The van der Waals surface area contributed by atoms with Crippen molar-refractivity contribution in [1.29, 1.82) is 0 Å². The summed E-state index contributed by atoms with van der Waals surface area (Å²) in [6, 6.07) is 0. The highest BCUT2D eigenvalue weighted by atomic mass is 16.5. The molecule has 0 bridgehead atoms. The number of hydrogen-bond donors (Lipinski definition) is 1. The molecule has 0 aliphatic carbocycles. The normalized spacial score (nSPS) is 30.5. The molecule has 2 saturated heterocycles. The summed E-state index contributed by atoms with van der Waals surface area (Å²) in [5.41, 5.74) is 0.0302. The summed E-state index contributed by atoms with van der Waals surface area (Å²) in [5.74, 6) is 1.66. The fourth-order valence-corrected chi connectivity index (χ4v) is 3.84. The van der Waals surface area contributed by atoms with Crippen LogP contribution < -0.4 is 5.32 Å². The fraction of sp³-hybridized carbons (Fsp3) is 0.944. The molecular weight excluding hydrogens is 276 g/mol. The van der Waals surface area contributed by atoms with E-state index in [1.165, 1.54) is 6.42 Å². The summed E-state index contributed by atoms with van der Waals surface area (Å²) in [4.78, 5) is 14.6. The van der Waals surface area contributed by atoms with Crippen LogP contribution >= 0.6 is 0 Å². The van der Waals surface area contributed by atoms with Gasteiger partial charge in [-0.15, -0.1) is 0 Å². The predicted molar refractivity (Wildman–Crippen MR) is 89.8 cm³/mol. The molecule has 22 heavy (non-hydrogen) atoms. The molecule has 2 aliphatic rings. The molecule has 4 nitrogen and oxygen atoms in total. The molecule has 2 rings (SSSR count). The van der Waals surface area contributed by atoms with E-state index in [0.29, 0.717) is 12.5 Å². The Morgan fingerprint density at radius 2 is 1.95 bits per heavy atom. The van der Waals surface area contributed by atoms with Crippen LogP contribution in [0.25, 0.3) is 0 Å². The number of likely N-dealkylation sites (tertiary alicyclic amines) is 1. The highest BCUT2D eigenvalue weighted by Gasteiger charge is 2.32. The third kappa shape index (κ3) is 5.24. The Labute approximate surface area is 136 Å². The number of amides is 1. The van der Waals surface area contributed by atoms with Crippen molar-refractivity contribution in [3.8, 4) is 0 Å². The molecular formula is C18H34N2O2. The number of ether oxygens (including phenoxy) is 1. The molecule has 1 amide bonds. The third-order valence-electron chi connectivity index (χ3n) is 5.16. The standard InChI is InChI=1S/C18H34N2O2/c1-14-10-15(2)12-20(11-14)18(3,4)13-19-17(21)8-7-16-6-5-9-22-16/h14-16H,5-13H2,1-4H3,(H,19,21). The largest absolute Gasteiger partial charge is 0.378 e. The highest BCUT2D eigenvalue weighted by molar-refractivity contribution is 5.75. The first-order valence-electron chi connectivity index (χ1n) is 9.00. The van der Waals surface area contributed by atoms with Gasteiger partial charge in [-0.1, -0.05) is 13.8 Å². The molecule has 1 N–H and O–H groups in total. The van der Waals surface area contributed by atoms with E-state index in [0.717, 1.165) is 57.3 Å². The molecule has 2 aliphatic heterocycles. The maximum atomic E-state index is 12.1. The van der Waals surface area contributed by atoms with Crippen molar-refractivity contribution < 1.29 is 9.53 Å². The zero-order chi connectivity index (χ0) is 16.2. The van der Waals surface area contributed by atoms with Crippen molar-refractivity contribution in [2.24, 2.45) is 11.8 Å². The van der Waals surface area contributed by atoms with E-state index in [9.17, 15) is 4.79 Å². The van der Waals surface area contributed by atoms with E-state index >= 15 is 0 Å². The van der Waals surface area contributed by atoms with Crippen molar-refractivity contribution in [3.63, 3.8) is 0 Å². The lowest BCUT2D eigenvalue weighted by Gasteiger charge is -2.45. The second kappa shape index (κ2) is 7.78. The first kappa shape index (κ1) is 17.7. The van der Waals surface area contributed by atoms with Gasteiger partial charge in [-0.05, 0) is 51.4 Å². The number of nitrogens with one attached hydrogen (secondary N) is 1. The van der Waals surface area contributed by atoms with Gasteiger partial charge in [0.05, 0.1) is 6.10 Å². The number of piperidine rings is 1. The smallest absolute Gasteiger partial charge is 0.220 e. The van der Waals surface area contributed by atoms with Crippen LogP contribution in [-0.2, 0) is 9.53 Å². The lowest BCUT2D eigenvalue weighted by molar-refractivity contribution is -0.122. The summed E-state index contributed by atoms with van der Waals surface area (Å²) in [5, 5.41) is 3.14. The monoisotopic (exact) mass is 310 g/mol. The summed E-state index contributed by atoms with van der Waals surface area (Å²) in [6.07, 6.45) is 5.34. The molecule has 128 valence electrons. The minimum absolute atomic E-state index is 0.0302. The van der Waals surface area contributed by atoms with Gasteiger partial charge in [0, 0.05) is 38.2 Å². The third-order valence-corrected chi connectivity index (χ3v) is 5.16. The molecule has 3 unspecified atom stereocenters. The first-order valence-corrected chi connectivity index (χ1v) is 9.00. The number of carbonyl (C=O) groups is 1. The summed E-state index contributed by atoms with van der Waals surface area (Å²) in [7, 11) is 0. The maximum Gasteiger partial charge on any atom is 0.220 e. The van der Waals surface area contributed by atoms with Gasteiger partial charge < -0.3 is 10.1 Å². The number of carbonyl (C=O) groups excluding carboxylic acids is 1. The molecule has 2 fully saturated rings. The molecule has 0 radical (unpaired) electrons. The van der Waals surface area contributed by atoms with Crippen molar-refractivity contribution in [2.75, 3.05) is 26.2 Å². The van der Waals surface area contributed by atoms with Crippen molar-refractivity contribution in [2.45, 2.75) is 71.4 Å². The van der Waals surface area contributed by atoms with Crippen LogP contribution in [0.5, 0.6) is 0 Å². The van der Waals surface area contributed by atoms with Crippen LogP contribution in [0.15, 0.2) is 0 Å². The van der Waals surface area contributed by atoms with Crippen LogP contribution in [0, 0.1) is 11.8 Å². The second-order valence-electron chi connectivity index (χ2n) is 8.11. The van der Waals surface area contributed by atoms with Crippen LogP contribution in [0.3, 0.4) is 0 Å². The Morgan fingerprint density at radius 1 is 1.27 bits per heavy atom. The molecule has 3 atom stereocenters. The summed E-state index contributed by atoms with van der Waals surface area (Å²) in [6.45, 7) is 13.0. The Morgan fingerprint density at radius 3 is 2.55 bits per heavy atom. The Balaban J connectivity index is 1.72. The van der Waals surface area contributed by atoms with Gasteiger partial charge in [0.2, 0.25) is 5.91 Å². The van der Waals surface area contributed by atoms with E-state index in [2.05, 4.69) is 37.9 Å². The Kier molecular flexibility index (Phi) is 6.27. The van der Waals surface area contributed by atoms with Gasteiger partial charge in [-0.25, -0.2) is 0 Å². The highest BCUT2D eigenvalue weighted by Crippen LogP contribution is 2.27. The van der Waals surface area contributed by atoms with Gasteiger partial charge in [0.25, 0.3) is 0 Å². The van der Waals surface area contributed by atoms with Gasteiger partial charge in [-0.3, -0.25) is 9.69 Å². The van der Waals surface area contributed by atoms with Gasteiger partial charge in [0.15, 0.2) is 0 Å². The molecule has 0 spiro atoms. The second-order valence-corrected chi connectivity index (χ2v) is 8.11. The topological polar surface area (TPSA) is 41.6 Å². The SMILES string of the molecule is CC1CC(C)CN(C(C)(C)CNC(=O)CCC2CCCO2)C1.